The third kappa shape index (κ3) is 2.10. The molecular weight excluding hydrogens is 271 g/mol. The van der Waals surface area contributed by atoms with Crippen molar-refractivity contribution >= 4 is 22.6 Å². The Morgan fingerprint density at radius 2 is 1.77 bits per heavy atom. The van der Waals surface area contributed by atoms with Crippen LogP contribution in [0.1, 0.15) is 0 Å². The van der Waals surface area contributed by atoms with E-state index in [0.717, 1.165) is 5.56 Å². The van der Waals surface area contributed by atoms with Crippen molar-refractivity contribution in [2.45, 2.75) is 0 Å². The first-order valence-corrected chi connectivity index (χ1v) is 5.17. The molecule has 2 aromatic carbocycles. The van der Waals surface area contributed by atoms with Crippen LogP contribution >= 0.6 is 22.6 Å². The summed E-state index contributed by atoms with van der Waals surface area (Å²) in [4.78, 5) is 0. The average Bonchev–Trinajstić information content (AvgIpc) is 2.19. The molecule has 0 heterocycles. The van der Waals surface area contributed by atoms with Gasteiger partial charge < -0.3 is 0 Å². The second-order valence-electron chi connectivity index (χ2n) is 2.79. The highest BCUT2D eigenvalue weighted by atomic mass is 127. The fourth-order valence-corrected chi connectivity index (χ4v) is 1.71. The van der Waals surface area contributed by atoms with Gasteiger partial charge in [0.05, 0.1) is 0 Å². The third-order valence-electron chi connectivity index (χ3n) is 1.85. The van der Waals surface area contributed by atoms with Crippen molar-refractivity contribution in [3.8, 4) is 11.1 Å². The minimum absolute atomic E-state index is 1.16. The van der Waals surface area contributed by atoms with Gasteiger partial charge >= 0.3 is 0 Å². The summed E-state index contributed by atoms with van der Waals surface area (Å²) < 4.78 is 1.25. The van der Waals surface area contributed by atoms with Crippen LogP contribution in [-0.4, -0.2) is 0 Å². The van der Waals surface area contributed by atoms with E-state index in [1.165, 1.54) is 9.13 Å². The fourth-order valence-electron chi connectivity index (χ4n) is 1.22. The normalized spacial score (nSPS) is 9.92. The molecule has 0 bridgehead atoms. The molecule has 0 aliphatic rings. The Balaban J connectivity index is 2.48. The molecule has 0 amide bonds. The maximum Gasteiger partial charge on any atom is 0.0136 e. The molecule has 0 spiro atoms. The Morgan fingerprint density at radius 1 is 1.00 bits per heavy atom. The summed E-state index contributed by atoms with van der Waals surface area (Å²) in [6, 6.07) is 19.7. The Labute approximate surface area is 91.8 Å². The zero-order chi connectivity index (χ0) is 9.10. The molecule has 0 saturated carbocycles. The summed E-state index contributed by atoms with van der Waals surface area (Å²) >= 11 is 2.31. The van der Waals surface area contributed by atoms with Crippen LogP contribution in [0.15, 0.2) is 48.5 Å². The van der Waals surface area contributed by atoms with E-state index in [1.54, 1.807) is 0 Å². The van der Waals surface area contributed by atoms with E-state index in [1.807, 2.05) is 30.3 Å². The highest BCUT2D eigenvalue weighted by Crippen LogP contribution is 2.19. The molecular formula is C12H8I. The maximum atomic E-state index is 3.22. The molecule has 0 atom stereocenters. The first-order chi connectivity index (χ1) is 6.36. The molecule has 0 N–H and O–H groups in total. The number of rotatable bonds is 1. The van der Waals surface area contributed by atoms with Crippen molar-refractivity contribution in [2.75, 3.05) is 0 Å². The lowest BCUT2D eigenvalue weighted by Gasteiger charge is -2.00. The smallest absolute Gasteiger partial charge is 0.0136 e. The molecule has 0 unspecified atom stereocenters. The van der Waals surface area contributed by atoms with Gasteiger partial charge in [-0.2, -0.15) is 0 Å². The predicted octanol–water partition coefficient (Wildman–Crippen LogP) is 3.76. The van der Waals surface area contributed by atoms with E-state index in [9.17, 15) is 0 Å². The van der Waals surface area contributed by atoms with Crippen LogP contribution in [0.2, 0.25) is 0 Å². The third-order valence-corrected chi connectivity index (χ3v) is 2.52. The maximum absolute atomic E-state index is 3.22. The summed E-state index contributed by atoms with van der Waals surface area (Å²) in [5, 5.41) is 0. The molecule has 63 valence electrons. The molecule has 0 aliphatic carbocycles. The quantitative estimate of drug-likeness (QED) is 0.697. The molecule has 2 aromatic rings. The summed E-state index contributed by atoms with van der Waals surface area (Å²) in [7, 11) is 0. The number of halogens is 1. The van der Waals surface area contributed by atoms with Gasteiger partial charge in [-0.3, -0.25) is 0 Å². The van der Waals surface area contributed by atoms with Gasteiger partial charge in [0.15, 0.2) is 0 Å². The van der Waals surface area contributed by atoms with Crippen LogP contribution in [0.5, 0.6) is 0 Å². The van der Waals surface area contributed by atoms with Crippen molar-refractivity contribution in [3.05, 3.63) is 58.2 Å². The topological polar surface area (TPSA) is 0 Å². The van der Waals surface area contributed by atoms with Crippen LogP contribution in [0.4, 0.5) is 0 Å². The van der Waals surface area contributed by atoms with Crippen molar-refractivity contribution in [1.82, 2.24) is 0 Å². The minimum Gasteiger partial charge on any atom is -0.0622 e. The van der Waals surface area contributed by atoms with Crippen LogP contribution in [0.25, 0.3) is 11.1 Å². The summed E-state index contributed by atoms with van der Waals surface area (Å²) in [6.07, 6.45) is 0. The molecule has 1 radical (unpaired) electrons. The fraction of sp³-hybridized carbons (Fsp3) is 0. The van der Waals surface area contributed by atoms with Gasteiger partial charge in [0.2, 0.25) is 0 Å². The lowest BCUT2D eigenvalue weighted by Crippen LogP contribution is -1.77. The lowest BCUT2D eigenvalue weighted by atomic mass is 10.1. The standard InChI is InChI=1S/C12H8I/c13-12-8-4-7-11(9-12)10-5-2-1-3-6-10/h1-6,8-9H. The van der Waals surface area contributed by atoms with Gasteiger partial charge in [0, 0.05) is 3.57 Å². The van der Waals surface area contributed by atoms with E-state index in [4.69, 9.17) is 0 Å². The van der Waals surface area contributed by atoms with E-state index in [0.29, 0.717) is 0 Å². The molecule has 13 heavy (non-hydrogen) atoms. The number of benzene rings is 2. The van der Waals surface area contributed by atoms with Gasteiger partial charge in [-0.15, -0.1) is 0 Å². The average molecular weight is 279 g/mol. The molecule has 0 aliphatic heterocycles. The molecule has 0 aromatic heterocycles. The molecule has 0 saturated heterocycles. The van der Waals surface area contributed by atoms with E-state index < -0.39 is 0 Å². The van der Waals surface area contributed by atoms with Gasteiger partial charge in [0.25, 0.3) is 0 Å². The summed E-state index contributed by atoms with van der Waals surface area (Å²) in [5.74, 6) is 0. The highest BCUT2D eigenvalue weighted by Gasteiger charge is 1.95. The van der Waals surface area contributed by atoms with Gasteiger partial charge in [0.1, 0.15) is 0 Å². The molecule has 1 heteroatoms. The van der Waals surface area contributed by atoms with Crippen molar-refractivity contribution in [2.24, 2.45) is 0 Å². The molecule has 2 rings (SSSR count). The summed E-state index contributed by atoms with van der Waals surface area (Å²) in [5.41, 5.74) is 2.38. The first-order valence-electron chi connectivity index (χ1n) is 4.09. The Morgan fingerprint density at radius 3 is 2.46 bits per heavy atom. The van der Waals surface area contributed by atoms with Gasteiger partial charge in [-0.25, -0.2) is 0 Å². The van der Waals surface area contributed by atoms with Crippen LogP contribution < -0.4 is 0 Å². The van der Waals surface area contributed by atoms with E-state index in [2.05, 4.69) is 46.9 Å². The van der Waals surface area contributed by atoms with E-state index in [-0.39, 0.29) is 0 Å². The van der Waals surface area contributed by atoms with Gasteiger partial charge in [-0.05, 0) is 51.9 Å². The van der Waals surface area contributed by atoms with E-state index >= 15 is 0 Å². The Hall–Kier alpha value is -0.830. The molecule has 0 nitrogen and oxygen atoms in total. The monoisotopic (exact) mass is 279 g/mol. The zero-order valence-electron chi connectivity index (χ0n) is 7.00. The predicted molar refractivity (Wildman–Crippen MR) is 63.4 cm³/mol. The SMILES string of the molecule is Ic1cc[c]c(-c2ccccc2)c1. The van der Waals surface area contributed by atoms with Crippen molar-refractivity contribution in [1.29, 1.82) is 0 Å². The largest absolute Gasteiger partial charge is 0.0622 e. The first kappa shape index (κ1) is 8.75. The van der Waals surface area contributed by atoms with Crippen molar-refractivity contribution < 1.29 is 0 Å². The second-order valence-corrected chi connectivity index (χ2v) is 4.03. The van der Waals surface area contributed by atoms with Gasteiger partial charge in [-0.1, -0.05) is 36.4 Å². The molecule has 0 fully saturated rings. The number of hydrogen-bond acceptors (Lipinski definition) is 0. The zero-order valence-corrected chi connectivity index (χ0v) is 9.15. The second kappa shape index (κ2) is 3.92. The Bertz CT molecular complexity index is 393. The van der Waals surface area contributed by atoms with Crippen molar-refractivity contribution in [3.63, 3.8) is 0 Å². The minimum atomic E-state index is 1.16. The van der Waals surface area contributed by atoms with Crippen LogP contribution in [0, 0.1) is 9.64 Å². The van der Waals surface area contributed by atoms with Crippen LogP contribution in [-0.2, 0) is 0 Å². The Kier molecular flexibility index (Phi) is 2.64. The summed E-state index contributed by atoms with van der Waals surface area (Å²) in [6.45, 7) is 0. The highest BCUT2D eigenvalue weighted by molar-refractivity contribution is 14.1. The lowest BCUT2D eigenvalue weighted by molar-refractivity contribution is 1.58. The number of hydrogen-bond donors (Lipinski definition) is 0. The van der Waals surface area contributed by atoms with Crippen LogP contribution in [0.3, 0.4) is 0 Å².